The fourth-order valence-electron chi connectivity index (χ4n) is 4.61. The highest BCUT2D eigenvalue weighted by atomic mass is 31.2. The average molecular weight is 486 g/mol. The molecule has 0 aliphatic heterocycles. The second-order valence-electron chi connectivity index (χ2n) is 10.3. The molecule has 1 fully saturated rings. The molecule has 0 spiro atoms. The minimum Gasteiger partial charge on any atom is -0.306 e. The van der Waals surface area contributed by atoms with E-state index in [9.17, 15) is 13.3 Å². The molecule has 1 aliphatic carbocycles. The first kappa shape index (κ1) is 26.6. The van der Waals surface area contributed by atoms with Crippen LogP contribution in [0.2, 0.25) is 0 Å². The Morgan fingerprint density at radius 3 is 2.41 bits per heavy atom. The summed E-state index contributed by atoms with van der Waals surface area (Å²) in [5.74, 6) is -2.42. The van der Waals surface area contributed by atoms with Gasteiger partial charge in [0.1, 0.15) is 0 Å². The second-order valence-corrected chi connectivity index (χ2v) is 13.0. The van der Waals surface area contributed by atoms with E-state index in [1.165, 1.54) is 11.1 Å². The van der Waals surface area contributed by atoms with E-state index in [2.05, 4.69) is 56.7 Å². The van der Waals surface area contributed by atoms with Gasteiger partial charge in [-0.25, -0.2) is 8.78 Å². The van der Waals surface area contributed by atoms with Crippen molar-refractivity contribution in [3.05, 3.63) is 88.5 Å². The van der Waals surface area contributed by atoms with E-state index in [1.807, 2.05) is 37.3 Å². The van der Waals surface area contributed by atoms with Gasteiger partial charge in [-0.2, -0.15) is 0 Å². The van der Waals surface area contributed by atoms with Gasteiger partial charge in [0.05, 0.1) is 0 Å². The summed E-state index contributed by atoms with van der Waals surface area (Å²) >= 11 is 0. The Morgan fingerprint density at radius 2 is 1.79 bits per heavy atom. The third-order valence-electron chi connectivity index (χ3n) is 6.60. The Balaban J connectivity index is 1.74. The highest BCUT2D eigenvalue weighted by molar-refractivity contribution is 7.60. The van der Waals surface area contributed by atoms with Crippen LogP contribution in [0.15, 0.2) is 66.3 Å². The first-order valence-corrected chi connectivity index (χ1v) is 14.2. The van der Waals surface area contributed by atoms with Crippen molar-refractivity contribution in [1.29, 1.82) is 0 Å². The van der Waals surface area contributed by atoms with E-state index >= 15 is 0 Å². The Hall–Kier alpha value is -2.03. The molecule has 0 bridgehead atoms. The first-order chi connectivity index (χ1) is 15.9. The topological polar surface area (TPSA) is 29.1 Å². The lowest BCUT2D eigenvalue weighted by Crippen LogP contribution is -2.35. The van der Waals surface area contributed by atoms with Crippen LogP contribution in [0.5, 0.6) is 0 Å². The number of alkyl halides is 2. The lowest BCUT2D eigenvalue weighted by Gasteiger charge is -2.35. The molecular formula is C29H38F2NOP. The fourth-order valence-corrected chi connectivity index (χ4v) is 7.38. The maximum absolute atomic E-state index is 14.3. The quantitative estimate of drug-likeness (QED) is 0.255. The maximum Gasteiger partial charge on any atom is 0.248 e. The van der Waals surface area contributed by atoms with Crippen LogP contribution in [0.1, 0.15) is 68.7 Å². The number of aryl methyl sites for hydroxylation is 1. The van der Waals surface area contributed by atoms with Gasteiger partial charge in [-0.1, -0.05) is 72.3 Å². The lowest BCUT2D eigenvalue weighted by molar-refractivity contribution is -0.111. The third kappa shape index (κ3) is 7.75. The van der Waals surface area contributed by atoms with Gasteiger partial charge >= 0.3 is 0 Å². The van der Waals surface area contributed by atoms with E-state index in [0.29, 0.717) is 25.2 Å². The molecular weight excluding hydrogens is 447 g/mol. The van der Waals surface area contributed by atoms with Crippen LogP contribution in [-0.4, -0.2) is 12.0 Å². The minimum absolute atomic E-state index is 0.0178. The van der Waals surface area contributed by atoms with Gasteiger partial charge in [-0.15, -0.1) is 0 Å². The smallest absolute Gasteiger partial charge is 0.248 e. The summed E-state index contributed by atoms with van der Waals surface area (Å²) in [5.41, 5.74) is 6.57. The molecule has 0 aromatic heterocycles. The van der Waals surface area contributed by atoms with Crippen molar-refractivity contribution in [2.24, 2.45) is 5.92 Å². The molecule has 2 aromatic rings. The second kappa shape index (κ2) is 11.1. The van der Waals surface area contributed by atoms with E-state index in [0.717, 1.165) is 22.3 Å². The molecule has 2 atom stereocenters. The van der Waals surface area contributed by atoms with Gasteiger partial charge in [0.25, 0.3) is 0 Å². The monoisotopic (exact) mass is 485 g/mol. The van der Waals surface area contributed by atoms with Crippen molar-refractivity contribution in [2.75, 3.05) is 0 Å². The molecule has 0 saturated heterocycles. The summed E-state index contributed by atoms with van der Waals surface area (Å²) in [6.45, 7) is 12.4. The van der Waals surface area contributed by atoms with E-state index in [-0.39, 0.29) is 24.8 Å². The zero-order valence-electron chi connectivity index (χ0n) is 20.9. The van der Waals surface area contributed by atoms with Crippen molar-refractivity contribution < 1.29 is 13.3 Å². The molecule has 2 nitrogen and oxygen atoms in total. The molecule has 5 heteroatoms. The fraction of sp³-hybridized carbons (Fsp3) is 0.448. The van der Waals surface area contributed by atoms with Crippen molar-refractivity contribution >= 4 is 13.4 Å². The molecule has 1 N–H and O–H groups in total. The van der Waals surface area contributed by atoms with Gasteiger partial charge in [-0.05, 0) is 68.7 Å². The molecule has 1 saturated carbocycles. The van der Waals surface area contributed by atoms with Crippen molar-refractivity contribution in [2.45, 2.75) is 77.7 Å². The molecule has 0 amide bonds. The highest BCUT2D eigenvalue weighted by Crippen LogP contribution is 2.50. The summed E-state index contributed by atoms with van der Waals surface area (Å²) < 4.78 is 40.6. The number of benzene rings is 2. The predicted octanol–water partition coefficient (Wildman–Crippen LogP) is 8.76. The Labute approximate surface area is 204 Å². The standard InChI is InChI=1S/C29H38F2NOP/c1-21(2)15-28-16-26(13-12-23(28)4)20-34(33,19-25-9-7-6-8-10-25)32-24(5)22(3)11-14-27-17-29(30,31)18-27/h6-10,12-13,15-16,24,27H,3,11,14,17-20H2,1-2,4-5H3,(H,32,33). The van der Waals surface area contributed by atoms with E-state index < -0.39 is 13.2 Å². The SMILES string of the molecule is C=C(CCC1CC(F)(F)C1)C(C)NP(=O)(Cc1ccccc1)Cc1ccc(C)c(C=C(C)C)c1. The summed E-state index contributed by atoms with van der Waals surface area (Å²) in [7, 11) is -2.85. The number of hydrogen-bond acceptors (Lipinski definition) is 1. The number of hydrogen-bond donors (Lipinski definition) is 1. The third-order valence-corrected chi connectivity index (χ3v) is 9.21. The Kier molecular flexibility index (Phi) is 8.71. The van der Waals surface area contributed by atoms with Crippen LogP contribution < -0.4 is 5.09 Å². The number of rotatable bonds is 11. The molecule has 2 unspecified atom stereocenters. The summed E-state index contributed by atoms with van der Waals surface area (Å²) in [4.78, 5) is 0. The zero-order valence-corrected chi connectivity index (χ0v) is 21.8. The summed E-state index contributed by atoms with van der Waals surface area (Å²) in [6.07, 6.45) is 4.41. The molecule has 34 heavy (non-hydrogen) atoms. The first-order valence-electron chi connectivity index (χ1n) is 12.1. The van der Waals surface area contributed by atoms with Crippen LogP contribution in [0, 0.1) is 12.8 Å². The van der Waals surface area contributed by atoms with Crippen LogP contribution >= 0.6 is 7.29 Å². The average Bonchev–Trinajstić information content (AvgIpc) is 2.73. The number of halogens is 2. The van der Waals surface area contributed by atoms with E-state index in [1.54, 1.807) is 0 Å². The number of allylic oxidation sites excluding steroid dienone is 1. The largest absolute Gasteiger partial charge is 0.306 e. The summed E-state index contributed by atoms with van der Waals surface area (Å²) in [6, 6.07) is 16.0. The molecule has 0 radical (unpaired) electrons. The molecule has 1 aliphatic rings. The Morgan fingerprint density at radius 1 is 1.15 bits per heavy atom. The van der Waals surface area contributed by atoms with Crippen LogP contribution in [0.3, 0.4) is 0 Å². The van der Waals surface area contributed by atoms with E-state index in [4.69, 9.17) is 0 Å². The molecule has 184 valence electrons. The van der Waals surface area contributed by atoms with Gasteiger partial charge in [-0.3, -0.25) is 5.09 Å². The molecule has 3 rings (SSSR count). The van der Waals surface area contributed by atoms with Gasteiger partial charge in [0.2, 0.25) is 5.92 Å². The van der Waals surface area contributed by atoms with Crippen molar-refractivity contribution in [3.8, 4) is 0 Å². The lowest BCUT2D eigenvalue weighted by atomic mass is 9.77. The van der Waals surface area contributed by atoms with Gasteiger partial charge in [0.15, 0.2) is 7.29 Å². The van der Waals surface area contributed by atoms with Gasteiger partial charge < -0.3 is 4.57 Å². The van der Waals surface area contributed by atoms with Crippen LogP contribution in [-0.2, 0) is 16.9 Å². The van der Waals surface area contributed by atoms with Crippen LogP contribution in [0.4, 0.5) is 8.78 Å². The predicted molar refractivity (Wildman–Crippen MR) is 141 cm³/mol. The maximum atomic E-state index is 14.3. The zero-order chi connectivity index (χ0) is 24.9. The normalized spacial score (nSPS) is 17.9. The molecule has 2 aromatic carbocycles. The van der Waals surface area contributed by atoms with Crippen molar-refractivity contribution in [3.63, 3.8) is 0 Å². The number of nitrogens with one attached hydrogen (secondary N) is 1. The Bertz CT molecular complexity index is 1060. The minimum atomic E-state index is -2.85. The van der Waals surface area contributed by atoms with Gasteiger partial charge in [0, 0.05) is 31.2 Å². The molecule has 0 heterocycles. The summed E-state index contributed by atoms with van der Waals surface area (Å²) in [5, 5.41) is 3.43. The van der Waals surface area contributed by atoms with Crippen molar-refractivity contribution in [1.82, 2.24) is 5.09 Å². The van der Waals surface area contributed by atoms with Crippen LogP contribution in [0.25, 0.3) is 6.08 Å². The highest BCUT2D eigenvalue weighted by Gasteiger charge is 2.44.